The van der Waals surface area contributed by atoms with Crippen LogP contribution in [0.25, 0.3) is 6.08 Å². The van der Waals surface area contributed by atoms with Gasteiger partial charge in [-0.1, -0.05) is 6.07 Å². The van der Waals surface area contributed by atoms with Crippen molar-refractivity contribution in [3.63, 3.8) is 0 Å². The summed E-state index contributed by atoms with van der Waals surface area (Å²) in [5.74, 6) is 0.342. The van der Waals surface area contributed by atoms with Crippen LogP contribution in [-0.4, -0.2) is 24.3 Å². The molecule has 0 amide bonds. The Hall–Kier alpha value is -3.22. The predicted molar refractivity (Wildman–Crippen MR) is 82.9 cm³/mol. The van der Waals surface area contributed by atoms with Gasteiger partial charge in [0, 0.05) is 12.1 Å². The van der Waals surface area contributed by atoms with Crippen LogP contribution in [-0.2, 0) is 16.1 Å². The second-order valence-electron chi connectivity index (χ2n) is 4.94. The Bertz CT molecular complexity index is 835. The van der Waals surface area contributed by atoms with E-state index in [2.05, 4.69) is 0 Å². The van der Waals surface area contributed by atoms with Gasteiger partial charge in [0.15, 0.2) is 17.2 Å². The Balaban J connectivity index is 1.59. The maximum absolute atomic E-state index is 11.7. The molecule has 3 rings (SSSR count). The summed E-state index contributed by atoms with van der Waals surface area (Å²) in [6.07, 6.45) is 3.73. The molecule has 124 valence electrons. The number of aromatic hydroxyl groups is 1. The van der Waals surface area contributed by atoms with Gasteiger partial charge in [-0.3, -0.25) is 4.79 Å². The van der Waals surface area contributed by atoms with Crippen LogP contribution >= 0.6 is 0 Å². The summed E-state index contributed by atoms with van der Waals surface area (Å²) in [5.41, 5.74) is 0.159. The highest BCUT2D eigenvalue weighted by molar-refractivity contribution is 5.87. The Labute approximate surface area is 136 Å². The van der Waals surface area contributed by atoms with Gasteiger partial charge in [0.05, 0.1) is 0 Å². The molecule has 0 saturated carbocycles. The summed E-state index contributed by atoms with van der Waals surface area (Å²) in [4.78, 5) is 22.9. The van der Waals surface area contributed by atoms with E-state index in [0.717, 1.165) is 17.9 Å². The van der Waals surface area contributed by atoms with Crippen molar-refractivity contribution in [2.24, 2.45) is 0 Å². The third-order valence-electron chi connectivity index (χ3n) is 3.20. The van der Waals surface area contributed by atoms with Crippen LogP contribution in [0.3, 0.4) is 0 Å². The molecule has 0 radical (unpaired) electrons. The highest BCUT2D eigenvalue weighted by Gasteiger charge is 2.11. The van der Waals surface area contributed by atoms with Crippen LogP contribution in [0.4, 0.5) is 0 Å². The molecule has 0 spiro atoms. The van der Waals surface area contributed by atoms with Crippen molar-refractivity contribution in [2.75, 3.05) is 13.2 Å². The molecule has 7 nitrogen and oxygen atoms in total. The summed E-state index contributed by atoms with van der Waals surface area (Å²) < 4.78 is 20.8. The molecule has 0 bridgehead atoms. The first-order valence-corrected chi connectivity index (χ1v) is 7.17. The summed E-state index contributed by atoms with van der Waals surface area (Å²) in [5, 5.41) is 9.07. The van der Waals surface area contributed by atoms with E-state index in [0.29, 0.717) is 24.7 Å². The topological polar surface area (TPSA) is 95.2 Å². The van der Waals surface area contributed by atoms with E-state index in [4.69, 9.17) is 23.7 Å². The number of carbonyl (C=O) groups excluding carboxylic acids is 1. The molecule has 0 atom stereocenters. The molecule has 1 aliphatic rings. The average molecular weight is 330 g/mol. The van der Waals surface area contributed by atoms with Gasteiger partial charge in [-0.05, 0) is 23.8 Å². The molecule has 2 aromatic rings. The lowest BCUT2D eigenvalue weighted by Crippen LogP contribution is -2.15. The average Bonchev–Trinajstić information content (AvgIpc) is 2.60. The highest BCUT2D eigenvalue weighted by Crippen LogP contribution is 2.31. The van der Waals surface area contributed by atoms with E-state index in [-0.39, 0.29) is 12.4 Å². The summed E-state index contributed by atoms with van der Waals surface area (Å²) in [6.45, 7) is 0.793. The predicted octanol–water partition coefficient (Wildman–Crippen LogP) is 1.87. The van der Waals surface area contributed by atoms with E-state index in [1.807, 2.05) is 0 Å². The van der Waals surface area contributed by atoms with Crippen LogP contribution in [0.15, 0.2) is 45.8 Å². The van der Waals surface area contributed by atoms with E-state index in [1.165, 1.54) is 6.08 Å². The van der Waals surface area contributed by atoms with Crippen molar-refractivity contribution >= 4 is 12.0 Å². The molecule has 1 aliphatic heterocycles. The molecular formula is C17H14O7. The van der Waals surface area contributed by atoms with Crippen LogP contribution in [0, 0.1) is 0 Å². The quantitative estimate of drug-likeness (QED) is 0.675. The zero-order chi connectivity index (χ0) is 16.9. The standard InChI is InChI=1S/C17H14O7/c18-13-8-12(23-10-14(13)19)9-24-17(20)4-2-11-1-3-15-16(7-11)22-6-5-21-15/h1-4,7-8,10,19H,5-6,9H2/b4-2+. The van der Waals surface area contributed by atoms with Crippen LogP contribution in [0.2, 0.25) is 0 Å². The maximum Gasteiger partial charge on any atom is 0.331 e. The minimum atomic E-state index is -0.598. The van der Waals surface area contributed by atoms with Gasteiger partial charge in [-0.2, -0.15) is 0 Å². The first kappa shape index (κ1) is 15.7. The second-order valence-corrected chi connectivity index (χ2v) is 4.94. The fraction of sp³-hybridized carbons (Fsp3) is 0.176. The van der Waals surface area contributed by atoms with Crippen molar-refractivity contribution in [1.29, 1.82) is 0 Å². The molecule has 2 heterocycles. The van der Waals surface area contributed by atoms with Crippen LogP contribution in [0.1, 0.15) is 11.3 Å². The number of hydrogen-bond donors (Lipinski definition) is 1. The smallest absolute Gasteiger partial charge is 0.331 e. The number of rotatable bonds is 4. The van der Waals surface area contributed by atoms with Gasteiger partial charge < -0.3 is 23.7 Å². The number of hydrogen-bond acceptors (Lipinski definition) is 7. The lowest BCUT2D eigenvalue weighted by Gasteiger charge is -2.18. The second kappa shape index (κ2) is 6.91. The van der Waals surface area contributed by atoms with Gasteiger partial charge in [-0.25, -0.2) is 4.79 Å². The van der Waals surface area contributed by atoms with E-state index in [1.54, 1.807) is 24.3 Å². The minimum absolute atomic E-state index is 0.138. The van der Waals surface area contributed by atoms with E-state index < -0.39 is 17.1 Å². The van der Waals surface area contributed by atoms with Crippen molar-refractivity contribution < 1.29 is 28.5 Å². The Morgan fingerprint density at radius 1 is 1.21 bits per heavy atom. The largest absolute Gasteiger partial charge is 0.502 e. The Kier molecular flexibility index (Phi) is 4.51. The third kappa shape index (κ3) is 3.75. The molecule has 1 aromatic carbocycles. The molecule has 24 heavy (non-hydrogen) atoms. The number of benzene rings is 1. The normalized spacial score (nSPS) is 13.0. The molecular weight excluding hydrogens is 316 g/mol. The lowest BCUT2D eigenvalue weighted by molar-refractivity contribution is -0.139. The van der Waals surface area contributed by atoms with Gasteiger partial charge in [0.25, 0.3) is 0 Å². The molecule has 0 saturated heterocycles. The maximum atomic E-state index is 11.7. The fourth-order valence-electron chi connectivity index (χ4n) is 2.04. The summed E-state index contributed by atoms with van der Waals surface area (Å²) in [6, 6.07) is 6.38. The summed E-state index contributed by atoms with van der Waals surface area (Å²) in [7, 11) is 0. The van der Waals surface area contributed by atoms with E-state index >= 15 is 0 Å². The first-order valence-electron chi connectivity index (χ1n) is 7.17. The van der Waals surface area contributed by atoms with Crippen molar-refractivity contribution in [1.82, 2.24) is 0 Å². The van der Waals surface area contributed by atoms with Crippen molar-refractivity contribution in [3.8, 4) is 17.2 Å². The number of esters is 1. The number of ether oxygens (including phenoxy) is 3. The Morgan fingerprint density at radius 2 is 2.00 bits per heavy atom. The molecule has 0 aliphatic carbocycles. The Morgan fingerprint density at radius 3 is 2.79 bits per heavy atom. The van der Waals surface area contributed by atoms with Gasteiger partial charge in [-0.15, -0.1) is 0 Å². The highest BCUT2D eigenvalue weighted by atomic mass is 16.6. The third-order valence-corrected chi connectivity index (χ3v) is 3.20. The molecule has 1 aromatic heterocycles. The fourth-order valence-corrected chi connectivity index (χ4v) is 2.04. The molecule has 0 fully saturated rings. The van der Waals surface area contributed by atoms with Crippen LogP contribution < -0.4 is 14.9 Å². The zero-order valence-corrected chi connectivity index (χ0v) is 12.6. The summed E-state index contributed by atoms with van der Waals surface area (Å²) >= 11 is 0. The zero-order valence-electron chi connectivity index (χ0n) is 12.6. The molecule has 1 N–H and O–H groups in total. The van der Waals surface area contributed by atoms with Gasteiger partial charge in [0.1, 0.15) is 31.8 Å². The first-order chi connectivity index (χ1) is 11.6. The number of carbonyl (C=O) groups is 1. The lowest BCUT2D eigenvalue weighted by atomic mass is 10.2. The van der Waals surface area contributed by atoms with Gasteiger partial charge >= 0.3 is 5.97 Å². The van der Waals surface area contributed by atoms with Crippen molar-refractivity contribution in [2.45, 2.75) is 6.61 Å². The van der Waals surface area contributed by atoms with Crippen LogP contribution in [0.5, 0.6) is 17.2 Å². The van der Waals surface area contributed by atoms with Gasteiger partial charge in [0.2, 0.25) is 5.43 Å². The molecule has 0 unspecified atom stereocenters. The minimum Gasteiger partial charge on any atom is -0.502 e. The SMILES string of the molecule is O=C(/C=C/c1ccc2c(c1)OCCO2)OCc1cc(=O)c(O)co1. The number of fused-ring (bicyclic) bond motifs is 1. The van der Waals surface area contributed by atoms with Crippen molar-refractivity contribution in [3.05, 3.63) is 58.2 Å². The monoisotopic (exact) mass is 330 g/mol. The van der Waals surface area contributed by atoms with E-state index in [9.17, 15) is 9.59 Å². The molecule has 7 heteroatoms.